The normalized spacial score (nSPS) is 12.8. The highest BCUT2D eigenvalue weighted by Crippen LogP contribution is 2.23. The smallest absolute Gasteiger partial charge is 0.265 e. The van der Waals surface area contributed by atoms with Gasteiger partial charge in [0.1, 0.15) is 5.75 Å². The van der Waals surface area contributed by atoms with Crippen LogP contribution in [0.25, 0.3) is 0 Å². The molecule has 0 heterocycles. The van der Waals surface area contributed by atoms with Crippen LogP contribution in [0, 0.1) is 0 Å². The van der Waals surface area contributed by atoms with Crippen molar-refractivity contribution in [1.82, 2.24) is 5.32 Å². The molecule has 8 nitrogen and oxygen atoms in total. The number of para-hydroxylation sites is 1. The van der Waals surface area contributed by atoms with E-state index in [4.69, 9.17) is 4.74 Å². The molecule has 2 amide bonds. The Labute approximate surface area is 212 Å². The zero-order chi connectivity index (χ0) is 26.3. The van der Waals surface area contributed by atoms with Gasteiger partial charge in [0.05, 0.1) is 29.2 Å². The molecule has 0 unspecified atom stereocenters. The predicted octanol–water partition coefficient (Wildman–Crippen LogP) is 4.37. The van der Waals surface area contributed by atoms with Crippen LogP contribution >= 0.6 is 0 Å². The van der Waals surface area contributed by atoms with Gasteiger partial charge in [-0.15, -0.1) is 0 Å². The number of hydrogen-bond acceptors (Lipinski definition) is 5. The first-order chi connectivity index (χ1) is 17.1. The number of rotatable bonds is 10. The Hall–Kier alpha value is -3.85. The van der Waals surface area contributed by atoms with Gasteiger partial charge in [0.2, 0.25) is 10.0 Å². The average molecular weight is 510 g/mol. The maximum Gasteiger partial charge on any atom is 0.265 e. The predicted molar refractivity (Wildman–Crippen MR) is 142 cm³/mol. The molecule has 0 bridgehead atoms. The third kappa shape index (κ3) is 6.85. The zero-order valence-electron chi connectivity index (χ0n) is 20.8. The Morgan fingerprint density at radius 3 is 2.17 bits per heavy atom. The molecule has 3 rings (SSSR count). The Morgan fingerprint density at radius 1 is 0.944 bits per heavy atom. The second-order valence-corrected chi connectivity index (χ2v) is 10.4. The number of ether oxygens (including phenoxy) is 1. The highest BCUT2D eigenvalue weighted by Gasteiger charge is 2.22. The van der Waals surface area contributed by atoms with E-state index in [1.54, 1.807) is 48.5 Å². The standard InChI is InChI=1S/C27H31N3O5S/c1-5-25(35-22-17-15-21(16-18-22)30(3)36(4,33)34)27(32)29-24-14-10-9-13-23(24)26(31)28-19(2)20-11-7-6-8-12-20/h6-19,25H,5H2,1-4H3,(H,28,31)(H,29,32)/t19-,25+/m0/s1. The second kappa shape index (κ2) is 11.7. The van der Waals surface area contributed by atoms with Gasteiger partial charge in [0, 0.05) is 7.05 Å². The summed E-state index contributed by atoms with van der Waals surface area (Å²) < 4.78 is 30.5. The van der Waals surface area contributed by atoms with Crippen LogP contribution in [0.1, 0.15) is 42.2 Å². The molecule has 2 atom stereocenters. The molecule has 0 aliphatic heterocycles. The fraction of sp³-hybridized carbons (Fsp3) is 0.259. The first-order valence-corrected chi connectivity index (χ1v) is 13.4. The van der Waals surface area contributed by atoms with Crippen molar-refractivity contribution in [3.63, 3.8) is 0 Å². The first-order valence-electron chi connectivity index (χ1n) is 11.6. The molecule has 0 saturated heterocycles. The number of amides is 2. The molecule has 0 aromatic heterocycles. The third-order valence-electron chi connectivity index (χ3n) is 5.72. The highest BCUT2D eigenvalue weighted by molar-refractivity contribution is 7.92. The van der Waals surface area contributed by atoms with Crippen molar-refractivity contribution < 1.29 is 22.7 Å². The fourth-order valence-corrected chi connectivity index (χ4v) is 4.02. The molecule has 9 heteroatoms. The van der Waals surface area contributed by atoms with Crippen LogP contribution in [-0.4, -0.2) is 39.6 Å². The minimum absolute atomic E-state index is 0.209. The lowest BCUT2D eigenvalue weighted by molar-refractivity contribution is -0.122. The largest absolute Gasteiger partial charge is 0.481 e. The summed E-state index contributed by atoms with van der Waals surface area (Å²) in [7, 11) is -1.92. The van der Waals surface area contributed by atoms with Crippen LogP contribution in [0.2, 0.25) is 0 Å². The van der Waals surface area contributed by atoms with E-state index in [9.17, 15) is 18.0 Å². The summed E-state index contributed by atoms with van der Waals surface area (Å²) in [5.41, 5.74) is 2.18. The van der Waals surface area contributed by atoms with Gasteiger partial charge in [-0.05, 0) is 55.3 Å². The van der Waals surface area contributed by atoms with Crippen LogP contribution in [0.5, 0.6) is 5.75 Å². The molecular formula is C27H31N3O5S. The number of carbonyl (C=O) groups is 2. The van der Waals surface area contributed by atoms with Crippen LogP contribution in [0.15, 0.2) is 78.9 Å². The Bertz CT molecular complexity index is 1290. The quantitative estimate of drug-likeness (QED) is 0.422. The van der Waals surface area contributed by atoms with E-state index in [1.807, 2.05) is 44.2 Å². The first kappa shape index (κ1) is 26.7. The van der Waals surface area contributed by atoms with Gasteiger partial charge in [0.15, 0.2) is 6.10 Å². The maximum absolute atomic E-state index is 13.0. The van der Waals surface area contributed by atoms with Crippen LogP contribution in [0.3, 0.4) is 0 Å². The molecule has 0 fully saturated rings. The van der Waals surface area contributed by atoms with E-state index in [1.165, 1.54) is 7.05 Å². The summed E-state index contributed by atoms with van der Waals surface area (Å²) in [5.74, 6) is -0.279. The van der Waals surface area contributed by atoms with Crippen molar-refractivity contribution in [2.24, 2.45) is 0 Å². The number of nitrogens with one attached hydrogen (secondary N) is 2. The van der Waals surface area contributed by atoms with Crippen LogP contribution in [-0.2, 0) is 14.8 Å². The van der Waals surface area contributed by atoms with E-state index in [-0.39, 0.29) is 11.9 Å². The van der Waals surface area contributed by atoms with Crippen LogP contribution < -0.4 is 19.7 Å². The Kier molecular flexibility index (Phi) is 8.71. The van der Waals surface area contributed by atoms with Crippen LogP contribution in [0.4, 0.5) is 11.4 Å². The lowest BCUT2D eigenvalue weighted by Gasteiger charge is -2.20. The Balaban J connectivity index is 1.69. The summed E-state index contributed by atoms with van der Waals surface area (Å²) in [6, 6.07) is 22.6. The van der Waals surface area contributed by atoms with Crippen molar-refractivity contribution in [1.29, 1.82) is 0 Å². The zero-order valence-corrected chi connectivity index (χ0v) is 21.6. The molecule has 3 aromatic carbocycles. The summed E-state index contributed by atoms with van der Waals surface area (Å²) in [6.07, 6.45) is 0.689. The van der Waals surface area contributed by atoms with Gasteiger partial charge in [-0.1, -0.05) is 49.4 Å². The van der Waals surface area contributed by atoms with E-state index < -0.39 is 22.0 Å². The minimum Gasteiger partial charge on any atom is -0.481 e. The van der Waals surface area contributed by atoms with Gasteiger partial charge in [-0.3, -0.25) is 13.9 Å². The molecule has 2 N–H and O–H groups in total. The molecule has 0 radical (unpaired) electrons. The summed E-state index contributed by atoms with van der Waals surface area (Å²) in [4.78, 5) is 26.0. The number of carbonyl (C=O) groups excluding carboxylic acids is 2. The summed E-state index contributed by atoms with van der Waals surface area (Å²) >= 11 is 0. The molecule has 36 heavy (non-hydrogen) atoms. The van der Waals surface area contributed by atoms with Gasteiger partial charge in [-0.25, -0.2) is 8.42 Å². The van der Waals surface area contributed by atoms with Crippen molar-refractivity contribution in [2.75, 3.05) is 22.9 Å². The summed E-state index contributed by atoms with van der Waals surface area (Å²) in [5, 5.41) is 5.78. The molecule has 0 saturated carbocycles. The van der Waals surface area contributed by atoms with E-state index >= 15 is 0 Å². The summed E-state index contributed by atoms with van der Waals surface area (Å²) in [6.45, 7) is 3.71. The van der Waals surface area contributed by atoms with Crippen molar-refractivity contribution in [2.45, 2.75) is 32.4 Å². The topological polar surface area (TPSA) is 105 Å². The second-order valence-electron chi connectivity index (χ2n) is 8.38. The fourth-order valence-electron chi connectivity index (χ4n) is 3.52. The van der Waals surface area contributed by atoms with Crippen molar-refractivity contribution in [3.05, 3.63) is 90.0 Å². The van der Waals surface area contributed by atoms with Gasteiger partial charge >= 0.3 is 0 Å². The SMILES string of the molecule is CC[C@@H](Oc1ccc(N(C)S(C)(=O)=O)cc1)C(=O)Nc1ccccc1C(=O)N[C@@H](C)c1ccccc1. The number of benzene rings is 3. The van der Waals surface area contributed by atoms with E-state index in [0.717, 1.165) is 16.1 Å². The van der Waals surface area contributed by atoms with Crippen molar-refractivity contribution in [3.8, 4) is 5.75 Å². The number of hydrogen-bond donors (Lipinski definition) is 2. The highest BCUT2D eigenvalue weighted by atomic mass is 32.2. The maximum atomic E-state index is 13.0. The van der Waals surface area contributed by atoms with E-state index in [0.29, 0.717) is 29.1 Å². The third-order valence-corrected chi connectivity index (χ3v) is 6.92. The molecular weight excluding hydrogens is 478 g/mol. The van der Waals surface area contributed by atoms with Gasteiger partial charge < -0.3 is 15.4 Å². The van der Waals surface area contributed by atoms with E-state index in [2.05, 4.69) is 10.6 Å². The molecule has 0 spiro atoms. The lowest BCUT2D eigenvalue weighted by atomic mass is 10.1. The lowest BCUT2D eigenvalue weighted by Crippen LogP contribution is -2.34. The number of sulfonamides is 1. The molecule has 190 valence electrons. The van der Waals surface area contributed by atoms with Gasteiger partial charge in [0.25, 0.3) is 11.8 Å². The average Bonchev–Trinajstić information content (AvgIpc) is 2.87. The minimum atomic E-state index is -3.38. The monoisotopic (exact) mass is 509 g/mol. The molecule has 0 aliphatic rings. The van der Waals surface area contributed by atoms with Gasteiger partial charge in [-0.2, -0.15) is 0 Å². The Morgan fingerprint density at radius 2 is 1.56 bits per heavy atom. The number of anilines is 2. The molecule has 0 aliphatic carbocycles. The number of nitrogens with zero attached hydrogens (tertiary/aromatic N) is 1. The molecule has 3 aromatic rings. The van der Waals surface area contributed by atoms with Crippen molar-refractivity contribution >= 4 is 33.2 Å².